The lowest BCUT2D eigenvalue weighted by Gasteiger charge is -2.21. The topological polar surface area (TPSA) is 61.6 Å². The zero-order chi connectivity index (χ0) is 13.5. The van der Waals surface area contributed by atoms with Crippen LogP contribution in [0.2, 0.25) is 0 Å². The van der Waals surface area contributed by atoms with Crippen LogP contribution in [0.3, 0.4) is 0 Å². The molecule has 1 amide bonds. The first kappa shape index (κ1) is 15.2. The van der Waals surface area contributed by atoms with Gasteiger partial charge in [0, 0.05) is 22.9 Å². The zero-order valence-corrected chi connectivity index (χ0v) is 12.7. The van der Waals surface area contributed by atoms with E-state index >= 15 is 0 Å². The summed E-state index contributed by atoms with van der Waals surface area (Å²) in [5.41, 5.74) is 6.12. The van der Waals surface area contributed by atoms with Crippen molar-refractivity contribution in [2.75, 3.05) is 13.7 Å². The van der Waals surface area contributed by atoms with Crippen LogP contribution in [0.15, 0.2) is 24.3 Å². The fraction of sp³-hybridized carbons (Fsp3) is 0.462. The number of hydrogen-bond acceptors (Lipinski definition) is 3. The molecular weight excluding hydrogens is 345 g/mol. The number of halogens is 1. The Hall–Kier alpha value is -0.820. The summed E-state index contributed by atoms with van der Waals surface area (Å²) >= 11 is 2.23. The van der Waals surface area contributed by atoms with Crippen LogP contribution in [0.25, 0.3) is 0 Å². The summed E-state index contributed by atoms with van der Waals surface area (Å²) in [5, 5.41) is 0. The molecule has 1 aromatic rings. The molecule has 4 nitrogen and oxygen atoms in total. The summed E-state index contributed by atoms with van der Waals surface area (Å²) in [6, 6.07) is 7.81. The SMILES string of the molecule is COC[C@@H](C)C[C@H](OC(N)=O)c1ccccc1I. The molecule has 0 aliphatic heterocycles. The maximum atomic E-state index is 11.0. The van der Waals surface area contributed by atoms with Gasteiger partial charge >= 0.3 is 6.09 Å². The van der Waals surface area contributed by atoms with Gasteiger partial charge in [-0.05, 0) is 41.0 Å². The molecule has 0 spiro atoms. The fourth-order valence-corrected chi connectivity index (χ4v) is 2.57. The van der Waals surface area contributed by atoms with E-state index in [9.17, 15) is 4.79 Å². The van der Waals surface area contributed by atoms with Crippen molar-refractivity contribution < 1.29 is 14.3 Å². The number of carbonyl (C=O) groups is 1. The highest BCUT2D eigenvalue weighted by Crippen LogP contribution is 2.28. The van der Waals surface area contributed by atoms with E-state index in [4.69, 9.17) is 15.2 Å². The Labute approximate surface area is 121 Å². The molecule has 0 aliphatic carbocycles. The van der Waals surface area contributed by atoms with Gasteiger partial charge in [0.1, 0.15) is 6.10 Å². The average Bonchev–Trinajstić information content (AvgIpc) is 2.28. The van der Waals surface area contributed by atoms with Crippen LogP contribution in [0.1, 0.15) is 25.0 Å². The predicted octanol–water partition coefficient (Wildman–Crippen LogP) is 3.10. The number of methoxy groups -OCH3 is 1. The first-order valence-electron chi connectivity index (χ1n) is 5.74. The summed E-state index contributed by atoms with van der Waals surface area (Å²) in [7, 11) is 1.66. The standard InChI is InChI=1S/C13H18INO3/c1-9(8-17-2)7-12(18-13(15)16)10-5-3-4-6-11(10)14/h3-6,9,12H,7-8H2,1-2H3,(H2,15,16)/t9-,12-/m0/s1. The molecule has 0 saturated heterocycles. The molecule has 2 atom stereocenters. The lowest BCUT2D eigenvalue weighted by atomic mass is 9.98. The molecular formula is C13H18INO3. The Balaban J connectivity index is 2.84. The fourth-order valence-electron chi connectivity index (χ4n) is 1.83. The molecule has 1 aromatic carbocycles. The van der Waals surface area contributed by atoms with Crippen molar-refractivity contribution in [3.05, 3.63) is 33.4 Å². The number of amides is 1. The van der Waals surface area contributed by atoms with Crippen molar-refractivity contribution in [1.29, 1.82) is 0 Å². The molecule has 2 N–H and O–H groups in total. The van der Waals surface area contributed by atoms with Crippen LogP contribution < -0.4 is 5.73 Å². The second-order valence-electron chi connectivity index (χ2n) is 4.24. The first-order valence-corrected chi connectivity index (χ1v) is 6.82. The van der Waals surface area contributed by atoms with E-state index in [1.807, 2.05) is 24.3 Å². The Kier molecular flexibility index (Phi) is 6.42. The summed E-state index contributed by atoms with van der Waals surface area (Å²) < 4.78 is 11.4. The van der Waals surface area contributed by atoms with Gasteiger partial charge in [-0.3, -0.25) is 0 Å². The number of nitrogens with two attached hydrogens (primary N) is 1. The van der Waals surface area contributed by atoms with Gasteiger partial charge in [0.2, 0.25) is 0 Å². The Morgan fingerprint density at radius 3 is 2.67 bits per heavy atom. The zero-order valence-electron chi connectivity index (χ0n) is 10.6. The molecule has 100 valence electrons. The van der Waals surface area contributed by atoms with Crippen molar-refractivity contribution in [2.45, 2.75) is 19.4 Å². The first-order chi connectivity index (χ1) is 8.54. The molecule has 0 aromatic heterocycles. The molecule has 0 fully saturated rings. The largest absolute Gasteiger partial charge is 0.441 e. The Morgan fingerprint density at radius 1 is 1.44 bits per heavy atom. The molecule has 18 heavy (non-hydrogen) atoms. The molecule has 5 heteroatoms. The molecule has 0 aliphatic rings. The van der Waals surface area contributed by atoms with Crippen molar-refractivity contribution in [2.24, 2.45) is 11.7 Å². The summed E-state index contributed by atoms with van der Waals surface area (Å²) in [6.07, 6.45) is -0.374. The molecule has 0 saturated carbocycles. The van der Waals surface area contributed by atoms with E-state index in [-0.39, 0.29) is 12.0 Å². The highest BCUT2D eigenvalue weighted by atomic mass is 127. The van der Waals surface area contributed by atoms with Crippen LogP contribution in [0.5, 0.6) is 0 Å². The van der Waals surface area contributed by atoms with Gasteiger partial charge < -0.3 is 15.2 Å². The molecule has 0 unspecified atom stereocenters. The minimum Gasteiger partial charge on any atom is -0.441 e. The van der Waals surface area contributed by atoms with E-state index in [1.54, 1.807) is 7.11 Å². The lowest BCUT2D eigenvalue weighted by Crippen LogP contribution is -2.20. The second-order valence-corrected chi connectivity index (χ2v) is 5.41. The van der Waals surface area contributed by atoms with Crippen molar-refractivity contribution in [1.82, 2.24) is 0 Å². The van der Waals surface area contributed by atoms with Gasteiger partial charge in [0.25, 0.3) is 0 Å². The molecule has 1 rings (SSSR count). The highest BCUT2D eigenvalue weighted by molar-refractivity contribution is 14.1. The minimum absolute atomic E-state index is 0.287. The third-order valence-corrected chi connectivity index (χ3v) is 3.56. The highest BCUT2D eigenvalue weighted by Gasteiger charge is 2.20. The molecule has 0 radical (unpaired) electrons. The average molecular weight is 363 g/mol. The molecule has 0 heterocycles. The van der Waals surface area contributed by atoms with Gasteiger partial charge in [-0.25, -0.2) is 4.79 Å². The lowest BCUT2D eigenvalue weighted by molar-refractivity contribution is 0.0736. The maximum Gasteiger partial charge on any atom is 0.405 e. The molecule has 0 bridgehead atoms. The van der Waals surface area contributed by atoms with E-state index in [1.165, 1.54) is 0 Å². The van der Waals surface area contributed by atoms with Crippen molar-refractivity contribution >= 4 is 28.7 Å². The summed E-state index contributed by atoms with van der Waals surface area (Å²) in [4.78, 5) is 11.0. The second kappa shape index (κ2) is 7.58. The maximum absolute atomic E-state index is 11.0. The van der Waals surface area contributed by atoms with Crippen LogP contribution in [0.4, 0.5) is 4.79 Å². The monoisotopic (exact) mass is 363 g/mol. The number of hydrogen-bond donors (Lipinski definition) is 1. The summed E-state index contributed by atoms with van der Waals surface area (Å²) in [6.45, 7) is 2.68. The van der Waals surface area contributed by atoms with Gasteiger partial charge in [0.05, 0.1) is 0 Å². The van der Waals surface area contributed by atoms with Crippen molar-refractivity contribution in [3.8, 4) is 0 Å². The number of primary amides is 1. The Morgan fingerprint density at radius 2 is 2.11 bits per heavy atom. The van der Waals surface area contributed by atoms with E-state index in [0.717, 1.165) is 9.13 Å². The van der Waals surface area contributed by atoms with Gasteiger partial charge in [0.15, 0.2) is 0 Å². The van der Waals surface area contributed by atoms with Crippen LogP contribution in [-0.4, -0.2) is 19.8 Å². The Bertz CT molecular complexity index is 398. The normalized spacial score (nSPS) is 13.9. The predicted molar refractivity (Wildman–Crippen MR) is 78.2 cm³/mol. The smallest absolute Gasteiger partial charge is 0.405 e. The third-order valence-electron chi connectivity index (χ3n) is 2.58. The van der Waals surface area contributed by atoms with Gasteiger partial charge in [-0.1, -0.05) is 25.1 Å². The van der Waals surface area contributed by atoms with Crippen LogP contribution in [0, 0.1) is 9.49 Å². The van der Waals surface area contributed by atoms with Crippen LogP contribution in [-0.2, 0) is 9.47 Å². The van der Waals surface area contributed by atoms with Crippen molar-refractivity contribution in [3.63, 3.8) is 0 Å². The quantitative estimate of drug-likeness (QED) is 0.790. The van der Waals surface area contributed by atoms with E-state index in [2.05, 4.69) is 29.5 Å². The number of carbonyl (C=O) groups excluding carboxylic acids is 1. The minimum atomic E-state index is -0.746. The van der Waals surface area contributed by atoms with Crippen LogP contribution >= 0.6 is 22.6 Å². The van der Waals surface area contributed by atoms with E-state index in [0.29, 0.717) is 13.0 Å². The summed E-state index contributed by atoms with van der Waals surface area (Å²) in [5.74, 6) is 0.287. The van der Waals surface area contributed by atoms with Gasteiger partial charge in [-0.2, -0.15) is 0 Å². The number of benzene rings is 1. The van der Waals surface area contributed by atoms with E-state index < -0.39 is 6.09 Å². The third kappa shape index (κ3) is 4.81. The number of rotatable bonds is 6. The van der Waals surface area contributed by atoms with Gasteiger partial charge in [-0.15, -0.1) is 0 Å². The number of ether oxygens (including phenoxy) is 2.